The van der Waals surface area contributed by atoms with Crippen molar-refractivity contribution in [2.24, 2.45) is 0 Å². The number of aromatic hydroxyl groups is 1. The molecule has 1 N–H and O–H groups in total. The lowest BCUT2D eigenvalue weighted by molar-refractivity contribution is 0.446. The van der Waals surface area contributed by atoms with E-state index in [-0.39, 0.29) is 11.4 Å². The maximum Gasteiger partial charge on any atom is 0.257 e. The van der Waals surface area contributed by atoms with Crippen molar-refractivity contribution in [2.45, 2.75) is 18.9 Å². The standard InChI is InChI=1S/C7H8N2O2/c10-6-3-7(11)9(4-8-6)5-1-2-5/h3-5,10H,1-2H2. The molecule has 0 aromatic carbocycles. The summed E-state index contributed by atoms with van der Waals surface area (Å²) < 4.78 is 1.56. The van der Waals surface area contributed by atoms with Gasteiger partial charge in [0.15, 0.2) is 0 Å². The fourth-order valence-electron chi connectivity index (χ4n) is 1.03. The van der Waals surface area contributed by atoms with E-state index in [9.17, 15) is 4.79 Å². The monoisotopic (exact) mass is 152 g/mol. The highest BCUT2D eigenvalue weighted by atomic mass is 16.3. The normalized spacial score (nSPS) is 16.7. The van der Waals surface area contributed by atoms with Gasteiger partial charge in [-0.25, -0.2) is 4.98 Å². The molecule has 1 heterocycles. The van der Waals surface area contributed by atoms with Crippen LogP contribution in [0.3, 0.4) is 0 Å². The van der Waals surface area contributed by atoms with Crippen molar-refractivity contribution >= 4 is 0 Å². The molecule has 4 nitrogen and oxygen atoms in total. The molecule has 2 rings (SSSR count). The molecule has 0 aliphatic heterocycles. The molecule has 1 aromatic heterocycles. The molecule has 0 saturated heterocycles. The maximum absolute atomic E-state index is 11.1. The van der Waals surface area contributed by atoms with Gasteiger partial charge in [-0.3, -0.25) is 9.36 Å². The Labute approximate surface area is 63.1 Å². The minimum atomic E-state index is -0.202. The first-order valence-corrected chi connectivity index (χ1v) is 3.54. The van der Waals surface area contributed by atoms with Gasteiger partial charge in [-0.2, -0.15) is 0 Å². The van der Waals surface area contributed by atoms with Crippen LogP contribution in [-0.2, 0) is 0 Å². The van der Waals surface area contributed by atoms with Gasteiger partial charge in [0.2, 0.25) is 5.88 Å². The number of hydrogen-bond acceptors (Lipinski definition) is 3. The number of nitrogens with zero attached hydrogens (tertiary/aromatic N) is 2. The van der Waals surface area contributed by atoms with Crippen LogP contribution in [-0.4, -0.2) is 14.7 Å². The largest absolute Gasteiger partial charge is 0.493 e. The smallest absolute Gasteiger partial charge is 0.257 e. The Hall–Kier alpha value is -1.32. The van der Waals surface area contributed by atoms with E-state index in [0.29, 0.717) is 6.04 Å². The average Bonchev–Trinajstić information content (AvgIpc) is 2.70. The Morgan fingerprint density at radius 3 is 2.91 bits per heavy atom. The van der Waals surface area contributed by atoms with Crippen LogP contribution in [0.25, 0.3) is 0 Å². The van der Waals surface area contributed by atoms with Crippen LogP contribution in [0.1, 0.15) is 18.9 Å². The molecule has 58 valence electrons. The summed E-state index contributed by atoms with van der Waals surface area (Å²) in [4.78, 5) is 14.7. The minimum absolute atomic E-state index is 0.167. The van der Waals surface area contributed by atoms with Gasteiger partial charge in [0.05, 0.1) is 6.07 Å². The first kappa shape index (κ1) is 6.39. The van der Waals surface area contributed by atoms with Crippen LogP contribution in [0.5, 0.6) is 5.88 Å². The third kappa shape index (κ3) is 1.11. The molecule has 1 saturated carbocycles. The highest BCUT2D eigenvalue weighted by Crippen LogP contribution is 2.32. The molecular formula is C7H8N2O2. The molecule has 0 radical (unpaired) electrons. The summed E-state index contributed by atoms with van der Waals surface area (Å²) in [5, 5.41) is 8.82. The maximum atomic E-state index is 11.1. The van der Waals surface area contributed by atoms with Crippen molar-refractivity contribution in [1.82, 2.24) is 9.55 Å². The van der Waals surface area contributed by atoms with Crippen molar-refractivity contribution in [1.29, 1.82) is 0 Å². The van der Waals surface area contributed by atoms with Crippen molar-refractivity contribution in [3.05, 3.63) is 22.7 Å². The van der Waals surface area contributed by atoms with Gasteiger partial charge in [-0.05, 0) is 12.8 Å². The van der Waals surface area contributed by atoms with Gasteiger partial charge < -0.3 is 5.11 Å². The topological polar surface area (TPSA) is 55.1 Å². The summed E-state index contributed by atoms with van der Waals surface area (Å²) in [7, 11) is 0. The van der Waals surface area contributed by atoms with Crippen LogP contribution in [0.4, 0.5) is 0 Å². The van der Waals surface area contributed by atoms with Crippen LogP contribution in [0.2, 0.25) is 0 Å². The second kappa shape index (κ2) is 2.08. The molecule has 0 spiro atoms. The van der Waals surface area contributed by atoms with E-state index in [4.69, 9.17) is 5.11 Å². The zero-order chi connectivity index (χ0) is 7.84. The van der Waals surface area contributed by atoms with Gasteiger partial charge in [0.25, 0.3) is 5.56 Å². The Bertz CT molecular complexity index is 327. The first-order chi connectivity index (χ1) is 5.27. The third-order valence-electron chi connectivity index (χ3n) is 1.76. The lowest BCUT2D eigenvalue weighted by Crippen LogP contribution is -2.17. The third-order valence-corrected chi connectivity index (χ3v) is 1.76. The van der Waals surface area contributed by atoms with Crippen molar-refractivity contribution in [3.63, 3.8) is 0 Å². The summed E-state index contributed by atoms with van der Waals surface area (Å²) in [6, 6.07) is 1.47. The molecule has 0 bridgehead atoms. The van der Waals surface area contributed by atoms with E-state index >= 15 is 0 Å². The fourth-order valence-corrected chi connectivity index (χ4v) is 1.03. The van der Waals surface area contributed by atoms with Crippen LogP contribution in [0, 0.1) is 0 Å². The van der Waals surface area contributed by atoms with Crippen molar-refractivity contribution in [2.75, 3.05) is 0 Å². The number of rotatable bonds is 1. The Morgan fingerprint density at radius 2 is 2.36 bits per heavy atom. The first-order valence-electron chi connectivity index (χ1n) is 3.54. The Kier molecular flexibility index (Phi) is 1.21. The molecule has 1 fully saturated rings. The zero-order valence-electron chi connectivity index (χ0n) is 5.90. The zero-order valence-corrected chi connectivity index (χ0v) is 5.90. The second-order valence-electron chi connectivity index (χ2n) is 2.72. The van der Waals surface area contributed by atoms with E-state index in [0.717, 1.165) is 18.9 Å². The van der Waals surface area contributed by atoms with Gasteiger partial charge >= 0.3 is 0 Å². The SMILES string of the molecule is O=c1cc(O)ncn1C1CC1. The predicted octanol–water partition coefficient (Wildman–Crippen LogP) is 0.284. The summed E-state index contributed by atoms with van der Waals surface area (Å²) in [5.41, 5.74) is -0.167. The lowest BCUT2D eigenvalue weighted by Gasteiger charge is -1.99. The molecule has 11 heavy (non-hydrogen) atoms. The van der Waals surface area contributed by atoms with Gasteiger partial charge in [-0.1, -0.05) is 0 Å². The summed E-state index contributed by atoms with van der Waals surface area (Å²) >= 11 is 0. The lowest BCUT2D eigenvalue weighted by atomic mass is 10.5. The summed E-state index contributed by atoms with van der Waals surface area (Å²) in [5.74, 6) is -0.202. The van der Waals surface area contributed by atoms with Crippen LogP contribution in [0.15, 0.2) is 17.2 Å². The van der Waals surface area contributed by atoms with E-state index in [1.807, 2.05) is 0 Å². The van der Waals surface area contributed by atoms with Gasteiger partial charge in [0, 0.05) is 6.04 Å². The van der Waals surface area contributed by atoms with E-state index in [1.165, 1.54) is 6.33 Å². The molecule has 1 aliphatic rings. The summed E-state index contributed by atoms with van der Waals surface area (Å²) in [6.45, 7) is 0. The average molecular weight is 152 g/mol. The van der Waals surface area contributed by atoms with E-state index in [1.54, 1.807) is 4.57 Å². The molecule has 0 amide bonds. The van der Waals surface area contributed by atoms with Gasteiger partial charge in [0.1, 0.15) is 6.33 Å². The fraction of sp³-hybridized carbons (Fsp3) is 0.429. The minimum Gasteiger partial charge on any atom is -0.493 e. The molecule has 0 unspecified atom stereocenters. The van der Waals surface area contributed by atoms with Crippen molar-refractivity contribution in [3.8, 4) is 5.88 Å². The Balaban J connectivity index is 2.48. The molecule has 0 atom stereocenters. The highest BCUT2D eigenvalue weighted by Gasteiger charge is 2.24. The number of hydrogen-bond donors (Lipinski definition) is 1. The van der Waals surface area contributed by atoms with Crippen molar-refractivity contribution < 1.29 is 5.11 Å². The molecule has 1 aromatic rings. The predicted molar refractivity (Wildman–Crippen MR) is 38.4 cm³/mol. The van der Waals surface area contributed by atoms with Crippen LogP contribution >= 0.6 is 0 Å². The molecule has 1 aliphatic carbocycles. The quantitative estimate of drug-likeness (QED) is 0.629. The second-order valence-corrected chi connectivity index (χ2v) is 2.72. The summed E-state index contributed by atoms with van der Waals surface area (Å²) in [6.07, 6.45) is 3.49. The van der Waals surface area contributed by atoms with E-state index in [2.05, 4.69) is 4.98 Å². The van der Waals surface area contributed by atoms with E-state index < -0.39 is 0 Å². The molecule has 4 heteroatoms. The van der Waals surface area contributed by atoms with Crippen LogP contribution < -0.4 is 5.56 Å². The number of aromatic nitrogens is 2. The Morgan fingerprint density at radius 1 is 1.64 bits per heavy atom. The highest BCUT2D eigenvalue weighted by molar-refractivity contribution is 5.04. The molecular weight excluding hydrogens is 144 g/mol. The van der Waals surface area contributed by atoms with Gasteiger partial charge in [-0.15, -0.1) is 0 Å².